The van der Waals surface area contributed by atoms with Crippen molar-refractivity contribution in [1.82, 2.24) is 4.98 Å². The van der Waals surface area contributed by atoms with Gasteiger partial charge in [0.1, 0.15) is 5.76 Å². The number of nitrogens with zero attached hydrogens (tertiary/aromatic N) is 1. The van der Waals surface area contributed by atoms with Gasteiger partial charge in [0, 0.05) is 0 Å². The third kappa shape index (κ3) is 2.51. The minimum absolute atomic E-state index is 0.248. The van der Waals surface area contributed by atoms with Crippen molar-refractivity contribution in [3.05, 3.63) is 47.2 Å². The van der Waals surface area contributed by atoms with Crippen molar-refractivity contribution in [3.63, 3.8) is 0 Å². The average Bonchev–Trinajstić information content (AvgIpc) is 2.73. The van der Waals surface area contributed by atoms with E-state index in [9.17, 15) is 4.79 Å². The molecular weight excluding hydrogens is 232 g/mol. The van der Waals surface area contributed by atoms with Crippen LogP contribution in [0.15, 0.2) is 28.8 Å². The standard InChI is InChI=1S/C13H14N2O3/c1-8-4-3-5-10(13(16)17)12(8)15-7-11-14-6-9(2)18-11/h3-6,15H,7H2,1-2H3,(H,16,17). The number of aromatic nitrogens is 1. The zero-order valence-corrected chi connectivity index (χ0v) is 10.2. The molecule has 0 atom stereocenters. The number of anilines is 1. The van der Waals surface area contributed by atoms with Crippen LogP contribution in [0.5, 0.6) is 0 Å². The number of nitrogens with one attached hydrogen (secondary N) is 1. The molecule has 1 aromatic carbocycles. The fourth-order valence-corrected chi connectivity index (χ4v) is 1.73. The van der Waals surface area contributed by atoms with Gasteiger partial charge >= 0.3 is 5.97 Å². The number of benzene rings is 1. The molecule has 5 nitrogen and oxygen atoms in total. The van der Waals surface area contributed by atoms with E-state index in [-0.39, 0.29) is 5.56 Å². The van der Waals surface area contributed by atoms with Gasteiger partial charge in [-0.05, 0) is 25.5 Å². The van der Waals surface area contributed by atoms with Crippen LogP contribution in [0.4, 0.5) is 5.69 Å². The number of hydrogen-bond donors (Lipinski definition) is 2. The quantitative estimate of drug-likeness (QED) is 0.867. The summed E-state index contributed by atoms with van der Waals surface area (Å²) in [7, 11) is 0. The molecule has 0 radical (unpaired) electrons. The Morgan fingerprint density at radius 1 is 1.44 bits per heavy atom. The maximum absolute atomic E-state index is 11.1. The predicted octanol–water partition coefficient (Wildman–Crippen LogP) is 2.60. The van der Waals surface area contributed by atoms with Crippen molar-refractivity contribution in [2.24, 2.45) is 0 Å². The van der Waals surface area contributed by atoms with E-state index in [1.165, 1.54) is 0 Å². The van der Waals surface area contributed by atoms with E-state index >= 15 is 0 Å². The Morgan fingerprint density at radius 3 is 2.83 bits per heavy atom. The van der Waals surface area contributed by atoms with E-state index in [0.29, 0.717) is 18.1 Å². The van der Waals surface area contributed by atoms with Gasteiger partial charge in [0.05, 0.1) is 24.0 Å². The molecular formula is C13H14N2O3. The van der Waals surface area contributed by atoms with Crippen molar-refractivity contribution in [1.29, 1.82) is 0 Å². The highest BCUT2D eigenvalue weighted by Gasteiger charge is 2.12. The van der Waals surface area contributed by atoms with Gasteiger partial charge in [0.2, 0.25) is 5.89 Å². The van der Waals surface area contributed by atoms with Crippen molar-refractivity contribution in [2.75, 3.05) is 5.32 Å². The number of carboxylic acids is 1. The van der Waals surface area contributed by atoms with Gasteiger partial charge in [-0.1, -0.05) is 12.1 Å². The molecule has 0 unspecified atom stereocenters. The number of oxazole rings is 1. The molecule has 2 N–H and O–H groups in total. The van der Waals surface area contributed by atoms with Gasteiger partial charge in [0.25, 0.3) is 0 Å². The van der Waals surface area contributed by atoms with E-state index in [1.807, 2.05) is 19.9 Å². The lowest BCUT2D eigenvalue weighted by Crippen LogP contribution is -2.08. The maximum Gasteiger partial charge on any atom is 0.337 e. The van der Waals surface area contributed by atoms with Gasteiger partial charge in [-0.25, -0.2) is 9.78 Å². The lowest BCUT2D eigenvalue weighted by Gasteiger charge is -2.10. The second-order valence-corrected chi connectivity index (χ2v) is 4.02. The molecule has 0 fully saturated rings. The Balaban J connectivity index is 2.20. The van der Waals surface area contributed by atoms with Crippen LogP contribution in [0.3, 0.4) is 0 Å². The minimum atomic E-state index is -0.954. The number of carbonyl (C=O) groups is 1. The second-order valence-electron chi connectivity index (χ2n) is 4.02. The first-order valence-corrected chi connectivity index (χ1v) is 5.56. The van der Waals surface area contributed by atoms with Gasteiger partial charge in [-0.15, -0.1) is 0 Å². The first-order valence-electron chi connectivity index (χ1n) is 5.56. The van der Waals surface area contributed by atoms with Gasteiger partial charge < -0.3 is 14.8 Å². The fourth-order valence-electron chi connectivity index (χ4n) is 1.73. The van der Waals surface area contributed by atoms with Crippen LogP contribution in [-0.2, 0) is 6.54 Å². The van der Waals surface area contributed by atoms with E-state index in [4.69, 9.17) is 9.52 Å². The molecule has 1 heterocycles. The summed E-state index contributed by atoms with van der Waals surface area (Å²) in [6.45, 7) is 4.03. The van der Waals surface area contributed by atoms with E-state index < -0.39 is 5.97 Å². The van der Waals surface area contributed by atoms with E-state index in [1.54, 1.807) is 18.3 Å². The molecule has 0 aliphatic heterocycles. The number of aromatic carboxylic acids is 1. The largest absolute Gasteiger partial charge is 0.478 e. The lowest BCUT2D eigenvalue weighted by atomic mass is 10.1. The average molecular weight is 246 g/mol. The van der Waals surface area contributed by atoms with Crippen LogP contribution in [-0.4, -0.2) is 16.1 Å². The molecule has 18 heavy (non-hydrogen) atoms. The second kappa shape index (κ2) is 4.91. The van der Waals surface area contributed by atoms with Crippen molar-refractivity contribution < 1.29 is 14.3 Å². The zero-order chi connectivity index (χ0) is 13.1. The van der Waals surface area contributed by atoms with Crippen LogP contribution >= 0.6 is 0 Å². The molecule has 0 saturated carbocycles. The summed E-state index contributed by atoms with van der Waals surface area (Å²) in [5, 5.41) is 12.2. The first kappa shape index (κ1) is 12.2. The number of rotatable bonds is 4. The van der Waals surface area contributed by atoms with Crippen molar-refractivity contribution in [2.45, 2.75) is 20.4 Å². The highest BCUT2D eigenvalue weighted by Crippen LogP contribution is 2.21. The van der Waals surface area contributed by atoms with Crippen molar-refractivity contribution >= 4 is 11.7 Å². The minimum Gasteiger partial charge on any atom is -0.478 e. The number of para-hydroxylation sites is 1. The summed E-state index contributed by atoms with van der Waals surface area (Å²) in [4.78, 5) is 15.2. The van der Waals surface area contributed by atoms with Crippen molar-refractivity contribution in [3.8, 4) is 0 Å². The summed E-state index contributed by atoms with van der Waals surface area (Å²) >= 11 is 0. The Bertz CT molecular complexity index is 575. The monoisotopic (exact) mass is 246 g/mol. The summed E-state index contributed by atoms with van der Waals surface area (Å²) in [6.07, 6.45) is 1.63. The van der Waals surface area contributed by atoms with Gasteiger partial charge in [0.15, 0.2) is 0 Å². The Morgan fingerprint density at radius 2 is 2.22 bits per heavy atom. The Labute approximate surface area is 104 Å². The molecule has 5 heteroatoms. The van der Waals surface area contributed by atoms with E-state index in [2.05, 4.69) is 10.3 Å². The number of aryl methyl sites for hydroxylation is 2. The molecule has 94 valence electrons. The van der Waals surface area contributed by atoms with Crippen LogP contribution < -0.4 is 5.32 Å². The number of carboxylic acid groups (broad SMARTS) is 1. The summed E-state index contributed by atoms with van der Waals surface area (Å²) < 4.78 is 5.32. The molecule has 0 spiro atoms. The summed E-state index contributed by atoms with van der Waals surface area (Å²) in [5.74, 6) is 0.312. The summed E-state index contributed by atoms with van der Waals surface area (Å²) in [6, 6.07) is 5.15. The lowest BCUT2D eigenvalue weighted by molar-refractivity contribution is 0.0698. The fraction of sp³-hybridized carbons (Fsp3) is 0.231. The molecule has 0 saturated heterocycles. The highest BCUT2D eigenvalue weighted by atomic mass is 16.4. The van der Waals surface area contributed by atoms with Gasteiger partial charge in [-0.3, -0.25) is 0 Å². The molecule has 0 aliphatic carbocycles. The third-order valence-electron chi connectivity index (χ3n) is 2.59. The summed E-state index contributed by atoms with van der Waals surface area (Å²) in [5.41, 5.74) is 1.72. The SMILES string of the molecule is Cc1cnc(CNc2c(C)cccc2C(=O)O)o1. The zero-order valence-electron chi connectivity index (χ0n) is 10.2. The Kier molecular flexibility index (Phi) is 3.32. The molecule has 0 aliphatic rings. The highest BCUT2D eigenvalue weighted by molar-refractivity contribution is 5.95. The van der Waals surface area contributed by atoms with Crippen LogP contribution in [0.2, 0.25) is 0 Å². The topological polar surface area (TPSA) is 75.4 Å². The van der Waals surface area contributed by atoms with Gasteiger partial charge in [-0.2, -0.15) is 0 Å². The van der Waals surface area contributed by atoms with E-state index in [0.717, 1.165) is 11.3 Å². The molecule has 1 aromatic heterocycles. The van der Waals surface area contributed by atoms with Crippen LogP contribution in [0.25, 0.3) is 0 Å². The maximum atomic E-state index is 11.1. The third-order valence-corrected chi connectivity index (χ3v) is 2.59. The molecule has 0 bridgehead atoms. The van der Waals surface area contributed by atoms with Crippen LogP contribution in [0.1, 0.15) is 27.6 Å². The first-order chi connectivity index (χ1) is 8.58. The normalized spacial score (nSPS) is 10.3. The van der Waals surface area contributed by atoms with Crippen LogP contribution in [0, 0.1) is 13.8 Å². The number of hydrogen-bond acceptors (Lipinski definition) is 4. The smallest absolute Gasteiger partial charge is 0.337 e. The molecule has 2 rings (SSSR count). The Hall–Kier alpha value is -2.30. The molecule has 0 amide bonds. The molecule has 2 aromatic rings. The predicted molar refractivity (Wildman–Crippen MR) is 66.7 cm³/mol.